The number of ether oxygens (including phenoxy) is 1. The third kappa shape index (κ3) is 9.12. The Bertz CT molecular complexity index is 343. The smallest absolute Gasteiger partial charge is 0.320 e. The molecule has 0 aliphatic carbocycles. The summed E-state index contributed by atoms with van der Waals surface area (Å²) >= 11 is 0. The van der Waals surface area contributed by atoms with E-state index in [1.807, 2.05) is 0 Å². The maximum absolute atomic E-state index is 11.4. The highest BCUT2D eigenvalue weighted by molar-refractivity contribution is 7.91. The van der Waals surface area contributed by atoms with Crippen LogP contribution in [0.1, 0.15) is 34.6 Å². The molecule has 0 spiro atoms. The van der Waals surface area contributed by atoms with Gasteiger partial charge in [0.25, 0.3) is 0 Å². The molecule has 0 fully saturated rings. The quantitative estimate of drug-likeness (QED) is 0.717. The van der Waals surface area contributed by atoms with E-state index in [-0.39, 0.29) is 30.1 Å². The van der Waals surface area contributed by atoms with E-state index in [0.717, 1.165) is 0 Å². The van der Waals surface area contributed by atoms with Crippen molar-refractivity contribution in [1.82, 2.24) is 5.32 Å². The van der Waals surface area contributed by atoms with Gasteiger partial charge in [0.2, 0.25) is 0 Å². The minimum atomic E-state index is -3.02. The van der Waals surface area contributed by atoms with Crippen LogP contribution in [0.25, 0.3) is 0 Å². The lowest BCUT2D eigenvalue weighted by Crippen LogP contribution is -2.39. The molecule has 1 unspecified atom stereocenters. The zero-order valence-electron chi connectivity index (χ0n) is 11.2. The average molecular weight is 265 g/mol. The Balaban J connectivity index is 4.01. The summed E-state index contributed by atoms with van der Waals surface area (Å²) in [6.07, 6.45) is 0. The van der Waals surface area contributed by atoms with E-state index < -0.39 is 15.4 Å². The first kappa shape index (κ1) is 16.4. The van der Waals surface area contributed by atoms with Gasteiger partial charge in [0.05, 0.1) is 12.3 Å². The van der Waals surface area contributed by atoms with E-state index >= 15 is 0 Å². The van der Waals surface area contributed by atoms with E-state index in [4.69, 9.17) is 4.74 Å². The minimum absolute atomic E-state index is 0.0255. The van der Waals surface area contributed by atoms with Crippen LogP contribution >= 0.6 is 0 Å². The highest BCUT2D eigenvalue weighted by atomic mass is 32.2. The van der Waals surface area contributed by atoms with Crippen molar-refractivity contribution in [3.63, 3.8) is 0 Å². The third-order valence-electron chi connectivity index (χ3n) is 1.96. The predicted molar refractivity (Wildman–Crippen MR) is 67.6 cm³/mol. The van der Waals surface area contributed by atoms with Crippen LogP contribution in [0, 0.1) is 0 Å². The lowest BCUT2D eigenvalue weighted by Gasteiger charge is -2.20. The Hall–Kier alpha value is -0.620. The molecule has 17 heavy (non-hydrogen) atoms. The fraction of sp³-hybridized carbons (Fsp3) is 0.909. The van der Waals surface area contributed by atoms with Gasteiger partial charge in [-0.05, 0) is 27.7 Å². The van der Waals surface area contributed by atoms with E-state index in [2.05, 4.69) is 5.32 Å². The molecule has 6 heteroatoms. The molecule has 0 heterocycles. The topological polar surface area (TPSA) is 72.5 Å². The van der Waals surface area contributed by atoms with Gasteiger partial charge in [-0.25, -0.2) is 8.42 Å². The Morgan fingerprint density at radius 3 is 2.29 bits per heavy atom. The second kappa shape index (κ2) is 6.35. The zero-order valence-corrected chi connectivity index (χ0v) is 12.1. The van der Waals surface area contributed by atoms with Gasteiger partial charge in [-0.3, -0.25) is 4.79 Å². The van der Waals surface area contributed by atoms with Crippen molar-refractivity contribution < 1.29 is 17.9 Å². The van der Waals surface area contributed by atoms with E-state index in [1.165, 1.54) is 0 Å². The number of carbonyl (C=O) groups is 1. The van der Waals surface area contributed by atoms with Crippen molar-refractivity contribution >= 4 is 15.8 Å². The largest absolute Gasteiger partial charge is 0.459 e. The van der Waals surface area contributed by atoms with Gasteiger partial charge in [-0.2, -0.15) is 0 Å². The molecular weight excluding hydrogens is 242 g/mol. The summed E-state index contributed by atoms with van der Waals surface area (Å²) in [7, 11) is -3.02. The SMILES string of the molecule is CCS(=O)(=O)CC(C)NCC(=O)OC(C)(C)C. The van der Waals surface area contributed by atoms with Crippen molar-refractivity contribution in [2.24, 2.45) is 0 Å². The summed E-state index contributed by atoms with van der Waals surface area (Å²) in [6.45, 7) is 8.73. The standard InChI is InChI=1S/C11H23NO4S/c1-6-17(14,15)8-9(2)12-7-10(13)16-11(3,4)5/h9,12H,6-8H2,1-5H3. The summed E-state index contributed by atoms with van der Waals surface area (Å²) in [4.78, 5) is 11.4. The van der Waals surface area contributed by atoms with Crippen LogP contribution < -0.4 is 5.32 Å². The number of rotatable bonds is 6. The maximum Gasteiger partial charge on any atom is 0.320 e. The normalized spacial score (nSPS) is 14.4. The minimum Gasteiger partial charge on any atom is -0.459 e. The molecule has 1 N–H and O–H groups in total. The van der Waals surface area contributed by atoms with Gasteiger partial charge >= 0.3 is 5.97 Å². The molecule has 0 saturated carbocycles. The number of sulfone groups is 1. The van der Waals surface area contributed by atoms with E-state index in [1.54, 1.807) is 34.6 Å². The van der Waals surface area contributed by atoms with Crippen molar-refractivity contribution in [1.29, 1.82) is 0 Å². The Labute approximate surface area is 104 Å². The van der Waals surface area contributed by atoms with Gasteiger partial charge in [-0.1, -0.05) is 6.92 Å². The van der Waals surface area contributed by atoms with Crippen molar-refractivity contribution in [3.05, 3.63) is 0 Å². The van der Waals surface area contributed by atoms with Crippen LogP contribution in [0.5, 0.6) is 0 Å². The zero-order chi connectivity index (χ0) is 13.7. The summed E-state index contributed by atoms with van der Waals surface area (Å²) in [5.74, 6) is -0.226. The lowest BCUT2D eigenvalue weighted by atomic mass is 10.2. The highest BCUT2D eigenvalue weighted by Crippen LogP contribution is 2.06. The number of esters is 1. The lowest BCUT2D eigenvalue weighted by molar-refractivity contribution is -0.153. The highest BCUT2D eigenvalue weighted by Gasteiger charge is 2.18. The van der Waals surface area contributed by atoms with Gasteiger partial charge in [0, 0.05) is 11.8 Å². The van der Waals surface area contributed by atoms with Gasteiger partial charge in [-0.15, -0.1) is 0 Å². The van der Waals surface area contributed by atoms with Crippen LogP contribution in [0.2, 0.25) is 0 Å². The molecule has 5 nitrogen and oxygen atoms in total. The molecule has 0 aromatic carbocycles. The second-order valence-corrected chi connectivity index (χ2v) is 7.47. The summed E-state index contributed by atoms with van der Waals surface area (Å²) in [5.41, 5.74) is -0.516. The fourth-order valence-corrected chi connectivity index (χ4v) is 2.31. The fourth-order valence-electron chi connectivity index (χ4n) is 1.19. The molecule has 0 saturated heterocycles. The number of hydrogen-bond donors (Lipinski definition) is 1. The predicted octanol–water partition coefficient (Wildman–Crippen LogP) is 0.741. The molecule has 102 valence electrons. The van der Waals surface area contributed by atoms with Crippen molar-refractivity contribution in [3.8, 4) is 0 Å². The molecule has 0 aliphatic rings. The molecule has 1 atom stereocenters. The number of carbonyl (C=O) groups excluding carboxylic acids is 1. The summed E-state index contributed by atoms with van der Waals surface area (Å²) < 4.78 is 27.7. The second-order valence-electron chi connectivity index (χ2n) is 5.07. The molecule has 0 aromatic heterocycles. The van der Waals surface area contributed by atoms with Crippen LogP contribution in [-0.4, -0.2) is 44.1 Å². The van der Waals surface area contributed by atoms with Crippen molar-refractivity contribution in [2.45, 2.75) is 46.3 Å². The van der Waals surface area contributed by atoms with Crippen LogP contribution in [0.4, 0.5) is 0 Å². The van der Waals surface area contributed by atoms with Crippen LogP contribution in [0.15, 0.2) is 0 Å². The molecule has 0 radical (unpaired) electrons. The van der Waals surface area contributed by atoms with E-state index in [9.17, 15) is 13.2 Å². The molecule has 0 amide bonds. The maximum atomic E-state index is 11.4. The Morgan fingerprint density at radius 2 is 1.88 bits per heavy atom. The Morgan fingerprint density at radius 1 is 1.35 bits per heavy atom. The molecule has 0 rings (SSSR count). The van der Waals surface area contributed by atoms with Crippen LogP contribution in [-0.2, 0) is 19.4 Å². The first-order chi connectivity index (χ1) is 7.56. The molecule has 0 bridgehead atoms. The van der Waals surface area contributed by atoms with Gasteiger partial charge < -0.3 is 10.1 Å². The number of nitrogens with one attached hydrogen (secondary N) is 1. The first-order valence-corrected chi connectivity index (χ1v) is 7.53. The van der Waals surface area contributed by atoms with Crippen LogP contribution in [0.3, 0.4) is 0 Å². The molecule has 0 aliphatic heterocycles. The summed E-state index contributed by atoms with van der Waals surface area (Å²) in [6, 6.07) is -0.257. The van der Waals surface area contributed by atoms with E-state index in [0.29, 0.717) is 0 Å². The first-order valence-electron chi connectivity index (χ1n) is 5.71. The molecule has 0 aromatic rings. The summed E-state index contributed by atoms with van der Waals surface area (Å²) in [5, 5.41) is 2.84. The third-order valence-corrected chi connectivity index (χ3v) is 3.85. The molecular formula is C11H23NO4S. The number of hydrogen-bond acceptors (Lipinski definition) is 5. The Kier molecular flexibility index (Phi) is 6.12. The van der Waals surface area contributed by atoms with Gasteiger partial charge in [0.1, 0.15) is 5.60 Å². The average Bonchev–Trinajstić information content (AvgIpc) is 2.11. The van der Waals surface area contributed by atoms with Crippen molar-refractivity contribution in [2.75, 3.05) is 18.1 Å². The monoisotopic (exact) mass is 265 g/mol. The van der Waals surface area contributed by atoms with Gasteiger partial charge in [0.15, 0.2) is 9.84 Å².